The number of nitrogens with one attached hydrogen (secondary N) is 1. The van der Waals surface area contributed by atoms with Gasteiger partial charge >= 0.3 is 0 Å². The first kappa shape index (κ1) is 18.6. The molecule has 2 aliphatic carbocycles. The zero-order valence-corrected chi connectivity index (χ0v) is 16.2. The molecule has 28 heavy (non-hydrogen) atoms. The lowest BCUT2D eigenvalue weighted by atomic mass is 10.00. The van der Waals surface area contributed by atoms with Gasteiger partial charge in [-0.1, -0.05) is 43.2 Å². The van der Waals surface area contributed by atoms with Crippen molar-refractivity contribution in [2.24, 2.45) is 0 Å². The Bertz CT molecular complexity index is 894. The van der Waals surface area contributed by atoms with Crippen LogP contribution >= 0.6 is 0 Å². The Kier molecular flexibility index (Phi) is 5.37. The second kappa shape index (κ2) is 8.09. The van der Waals surface area contributed by atoms with Crippen LogP contribution in [0.25, 0.3) is 5.57 Å². The third kappa shape index (κ3) is 3.77. The highest BCUT2D eigenvalue weighted by Gasteiger charge is 2.27. The summed E-state index contributed by atoms with van der Waals surface area (Å²) in [4.78, 5) is 25.1. The van der Waals surface area contributed by atoms with Gasteiger partial charge in [0.25, 0.3) is 0 Å². The first-order valence-corrected chi connectivity index (χ1v) is 10.1. The Labute approximate surface area is 165 Å². The highest BCUT2D eigenvalue weighted by molar-refractivity contribution is 6.10. The van der Waals surface area contributed by atoms with Crippen LogP contribution in [-0.4, -0.2) is 26.5 Å². The normalized spacial score (nSPS) is 18.7. The minimum absolute atomic E-state index is 0.0794. The topological polar surface area (TPSA) is 76.9 Å². The Morgan fingerprint density at radius 1 is 1.21 bits per heavy atom. The van der Waals surface area contributed by atoms with E-state index in [4.69, 9.17) is 0 Å². The van der Waals surface area contributed by atoms with E-state index in [9.17, 15) is 9.59 Å². The summed E-state index contributed by atoms with van der Waals surface area (Å²) < 4.78 is 2.10. The number of carbonyl (C=O) groups is 2. The minimum Gasteiger partial charge on any atom is -0.346 e. The number of nitrogens with zero attached hydrogens (tertiary/aromatic N) is 3. The summed E-state index contributed by atoms with van der Waals surface area (Å²) in [5.41, 5.74) is 2.68. The van der Waals surface area contributed by atoms with E-state index >= 15 is 0 Å². The number of hydrogen-bond donors (Lipinski definition) is 1. The monoisotopic (exact) mass is 378 g/mol. The number of benzene rings is 1. The molecule has 1 aromatic carbocycles. The quantitative estimate of drug-likeness (QED) is 0.830. The number of aromatic nitrogens is 3. The second-order valence-electron chi connectivity index (χ2n) is 7.75. The molecule has 0 bridgehead atoms. The number of ketones is 1. The van der Waals surface area contributed by atoms with Crippen LogP contribution in [0, 0.1) is 0 Å². The van der Waals surface area contributed by atoms with Gasteiger partial charge in [-0.2, -0.15) is 0 Å². The van der Waals surface area contributed by atoms with Crippen molar-refractivity contribution in [3.63, 3.8) is 0 Å². The van der Waals surface area contributed by atoms with E-state index in [1.807, 2.05) is 37.3 Å². The molecule has 1 amide bonds. The summed E-state index contributed by atoms with van der Waals surface area (Å²) in [5.74, 6) is 0.721. The SMILES string of the molecule is C[C@H](NC(=O)CC1=C(c2ccccc2)CCC1=O)c1nncn1C1CCCC1. The fourth-order valence-corrected chi connectivity index (χ4v) is 4.41. The van der Waals surface area contributed by atoms with Gasteiger partial charge in [-0.05, 0) is 37.3 Å². The van der Waals surface area contributed by atoms with Crippen molar-refractivity contribution < 1.29 is 9.59 Å². The molecule has 2 aromatic rings. The number of amides is 1. The van der Waals surface area contributed by atoms with Gasteiger partial charge in [0.2, 0.25) is 5.91 Å². The number of hydrogen-bond acceptors (Lipinski definition) is 4. The number of rotatable bonds is 6. The molecule has 1 fully saturated rings. The van der Waals surface area contributed by atoms with E-state index in [-0.39, 0.29) is 24.2 Å². The van der Waals surface area contributed by atoms with Gasteiger partial charge in [0, 0.05) is 18.0 Å². The fourth-order valence-electron chi connectivity index (χ4n) is 4.41. The zero-order chi connectivity index (χ0) is 19.5. The van der Waals surface area contributed by atoms with E-state index in [2.05, 4.69) is 20.1 Å². The number of allylic oxidation sites excluding steroid dienone is 1. The molecule has 4 rings (SSSR count). The first-order valence-electron chi connectivity index (χ1n) is 10.1. The largest absolute Gasteiger partial charge is 0.346 e. The van der Waals surface area contributed by atoms with Crippen LogP contribution in [-0.2, 0) is 9.59 Å². The summed E-state index contributed by atoms with van der Waals surface area (Å²) in [6.45, 7) is 1.93. The molecule has 0 saturated heterocycles. The molecular formula is C22H26N4O2. The lowest BCUT2D eigenvalue weighted by Crippen LogP contribution is -2.29. The fraction of sp³-hybridized carbons (Fsp3) is 0.455. The summed E-state index contributed by atoms with van der Waals surface area (Å²) in [5, 5.41) is 11.3. The predicted octanol–water partition coefficient (Wildman–Crippen LogP) is 3.78. The molecular weight excluding hydrogens is 352 g/mol. The van der Waals surface area contributed by atoms with Gasteiger partial charge in [-0.25, -0.2) is 0 Å². The molecule has 1 saturated carbocycles. The Balaban J connectivity index is 1.47. The molecule has 0 aliphatic heterocycles. The molecule has 1 atom stereocenters. The van der Waals surface area contributed by atoms with E-state index in [0.29, 0.717) is 24.5 Å². The van der Waals surface area contributed by atoms with Crippen molar-refractivity contribution in [3.8, 4) is 0 Å². The molecule has 6 nitrogen and oxygen atoms in total. The van der Waals surface area contributed by atoms with Crippen molar-refractivity contribution in [2.45, 2.75) is 64.0 Å². The van der Waals surface area contributed by atoms with Crippen molar-refractivity contribution in [1.82, 2.24) is 20.1 Å². The van der Waals surface area contributed by atoms with Gasteiger partial charge in [0.1, 0.15) is 6.33 Å². The van der Waals surface area contributed by atoms with Crippen molar-refractivity contribution in [2.75, 3.05) is 0 Å². The third-order valence-corrected chi connectivity index (χ3v) is 5.85. The van der Waals surface area contributed by atoms with E-state index in [1.165, 1.54) is 12.8 Å². The lowest BCUT2D eigenvalue weighted by Gasteiger charge is -2.19. The summed E-state index contributed by atoms with van der Waals surface area (Å²) in [6.07, 6.45) is 7.79. The maximum absolute atomic E-state index is 12.7. The molecule has 0 unspecified atom stereocenters. The number of Topliss-reactive ketones (excluding diaryl/α,β-unsaturated/α-hetero) is 1. The summed E-state index contributed by atoms with van der Waals surface area (Å²) >= 11 is 0. The van der Waals surface area contributed by atoms with Crippen LogP contribution in [0.3, 0.4) is 0 Å². The van der Waals surface area contributed by atoms with E-state index < -0.39 is 0 Å². The van der Waals surface area contributed by atoms with Crippen molar-refractivity contribution >= 4 is 17.3 Å². The van der Waals surface area contributed by atoms with Crippen LogP contribution in [0.1, 0.15) is 75.3 Å². The zero-order valence-electron chi connectivity index (χ0n) is 16.2. The molecule has 146 valence electrons. The van der Waals surface area contributed by atoms with Crippen molar-refractivity contribution in [3.05, 3.63) is 53.6 Å². The highest BCUT2D eigenvalue weighted by atomic mass is 16.2. The Morgan fingerprint density at radius 2 is 1.96 bits per heavy atom. The average Bonchev–Trinajstić information content (AvgIpc) is 3.43. The molecule has 1 aromatic heterocycles. The molecule has 6 heteroatoms. The van der Waals surface area contributed by atoms with Crippen LogP contribution in [0.15, 0.2) is 42.2 Å². The third-order valence-electron chi connectivity index (χ3n) is 5.85. The number of carbonyl (C=O) groups excluding carboxylic acids is 2. The van der Waals surface area contributed by atoms with Crippen LogP contribution in [0.4, 0.5) is 0 Å². The van der Waals surface area contributed by atoms with Crippen LogP contribution in [0.2, 0.25) is 0 Å². The van der Waals surface area contributed by atoms with Gasteiger partial charge in [-0.3, -0.25) is 9.59 Å². The minimum atomic E-state index is -0.243. The van der Waals surface area contributed by atoms with Crippen LogP contribution < -0.4 is 5.32 Å². The molecule has 0 radical (unpaired) electrons. The first-order chi connectivity index (χ1) is 13.6. The standard InChI is InChI=1S/C22H26N4O2/c1-15(22-25-23-14-26(22)17-9-5-6-10-17)24-21(28)13-19-18(11-12-20(19)27)16-7-3-2-4-8-16/h2-4,7-8,14-15,17H,5-6,9-13H2,1H3,(H,24,28)/t15-/m0/s1. The Hall–Kier alpha value is -2.76. The lowest BCUT2D eigenvalue weighted by molar-refractivity contribution is -0.123. The summed E-state index contributed by atoms with van der Waals surface area (Å²) in [7, 11) is 0. The van der Waals surface area contributed by atoms with Gasteiger partial charge in [0.15, 0.2) is 11.6 Å². The van der Waals surface area contributed by atoms with E-state index in [0.717, 1.165) is 29.8 Å². The van der Waals surface area contributed by atoms with Gasteiger partial charge < -0.3 is 9.88 Å². The highest BCUT2D eigenvalue weighted by Crippen LogP contribution is 2.34. The molecule has 0 spiro atoms. The average molecular weight is 378 g/mol. The van der Waals surface area contributed by atoms with Crippen molar-refractivity contribution in [1.29, 1.82) is 0 Å². The maximum atomic E-state index is 12.7. The predicted molar refractivity (Wildman–Crippen MR) is 106 cm³/mol. The van der Waals surface area contributed by atoms with E-state index in [1.54, 1.807) is 6.33 Å². The maximum Gasteiger partial charge on any atom is 0.225 e. The molecule has 1 N–H and O–H groups in total. The van der Waals surface area contributed by atoms with Gasteiger partial charge in [0.05, 0.1) is 12.5 Å². The summed E-state index contributed by atoms with van der Waals surface area (Å²) in [6, 6.07) is 10.1. The van der Waals surface area contributed by atoms with Crippen LogP contribution in [0.5, 0.6) is 0 Å². The Morgan fingerprint density at radius 3 is 2.71 bits per heavy atom. The van der Waals surface area contributed by atoms with Gasteiger partial charge in [-0.15, -0.1) is 10.2 Å². The smallest absolute Gasteiger partial charge is 0.225 e. The second-order valence-corrected chi connectivity index (χ2v) is 7.75. The molecule has 2 aliphatic rings. The molecule has 1 heterocycles.